The van der Waals surface area contributed by atoms with Gasteiger partial charge in [-0.1, -0.05) is 57.0 Å². The van der Waals surface area contributed by atoms with Crippen LogP contribution in [0.25, 0.3) is 0 Å². The van der Waals surface area contributed by atoms with Crippen LogP contribution in [-0.2, 0) is 10.4 Å². The lowest BCUT2D eigenvalue weighted by molar-refractivity contribution is -0.133. The van der Waals surface area contributed by atoms with Crippen LogP contribution in [0.5, 0.6) is 0 Å². The number of nitrogens with one attached hydrogen (secondary N) is 1. The van der Waals surface area contributed by atoms with Gasteiger partial charge in [0.15, 0.2) is 0 Å². The SMILES string of the molecule is CC(O)(CNC(=O)C(C)(C)C1CCCC1)c1ccccc1. The summed E-state index contributed by atoms with van der Waals surface area (Å²) in [5.41, 5.74) is -0.574. The predicted octanol–water partition coefficient (Wildman–Crippen LogP) is 3.23. The van der Waals surface area contributed by atoms with Gasteiger partial charge in [0, 0.05) is 5.41 Å². The Morgan fingerprint density at radius 2 is 1.76 bits per heavy atom. The van der Waals surface area contributed by atoms with Crippen LogP contribution in [0.2, 0.25) is 0 Å². The summed E-state index contributed by atoms with van der Waals surface area (Å²) >= 11 is 0. The van der Waals surface area contributed by atoms with Crippen LogP contribution < -0.4 is 5.32 Å². The Bertz CT molecular complexity index is 473. The minimum absolute atomic E-state index is 0.0469. The van der Waals surface area contributed by atoms with Gasteiger partial charge in [-0.2, -0.15) is 0 Å². The van der Waals surface area contributed by atoms with Gasteiger partial charge in [-0.3, -0.25) is 4.79 Å². The third-order valence-electron chi connectivity index (χ3n) is 4.95. The fraction of sp³-hybridized carbons (Fsp3) is 0.611. The van der Waals surface area contributed by atoms with Gasteiger partial charge in [0.25, 0.3) is 0 Å². The van der Waals surface area contributed by atoms with Crippen molar-refractivity contribution in [3.05, 3.63) is 35.9 Å². The summed E-state index contributed by atoms with van der Waals surface area (Å²) in [6.45, 7) is 6.03. The predicted molar refractivity (Wildman–Crippen MR) is 84.8 cm³/mol. The van der Waals surface area contributed by atoms with Gasteiger partial charge in [0.2, 0.25) is 5.91 Å². The number of hydrogen-bond acceptors (Lipinski definition) is 2. The topological polar surface area (TPSA) is 49.3 Å². The first-order valence-electron chi connectivity index (χ1n) is 7.90. The monoisotopic (exact) mass is 289 g/mol. The highest BCUT2D eigenvalue weighted by Gasteiger charge is 2.38. The first kappa shape index (κ1) is 16.0. The molecule has 0 aliphatic heterocycles. The Hall–Kier alpha value is -1.35. The minimum Gasteiger partial charge on any atom is -0.384 e. The standard InChI is InChI=1S/C18H27NO2/c1-17(2,14-9-7-8-10-14)16(20)19-13-18(3,21)15-11-5-4-6-12-15/h4-6,11-12,14,21H,7-10,13H2,1-3H3,(H,19,20). The van der Waals surface area contributed by atoms with E-state index < -0.39 is 5.60 Å². The van der Waals surface area contributed by atoms with Gasteiger partial charge in [0.1, 0.15) is 5.60 Å². The Labute approximate surface area is 127 Å². The maximum atomic E-state index is 12.5. The van der Waals surface area contributed by atoms with E-state index in [1.54, 1.807) is 6.92 Å². The molecule has 3 nitrogen and oxygen atoms in total. The molecule has 0 bridgehead atoms. The van der Waals surface area contributed by atoms with Crippen molar-refractivity contribution >= 4 is 5.91 Å². The van der Waals surface area contributed by atoms with Gasteiger partial charge in [-0.05, 0) is 31.2 Å². The quantitative estimate of drug-likeness (QED) is 0.874. The van der Waals surface area contributed by atoms with E-state index in [0.29, 0.717) is 5.92 Å². The molecule has 2 rings (SSSR count). The average molecular weight is 289 g/mol. The van der Waals surface area contributed by atoms with Crippen molar-refractivity contribution in [1.82, 2.24) is 5.32 Å². The van der Waals surface area contributed by atoms with Crippen LogP contribution in [-0.4, -0.2) is 17.6 Å². The lowest BCUT2D eigenvalue weighted by atomic mass is 9.77. The van der Waals surface area contributed by atoms with Crippen molar-refractivity contribution in [2.75, 3.05) is 6.54 Å². The van der Waals surface area contributed by atoms with E-state index in [1.165, 1.54) is 12.8 Å². The molecule has 1 aliphatic carbocycles. The molecule has 1 unspecified atom stereocenters. The first-order valence-corrected chi connectivity index (χ1v) is 7.90. The second-order valence-electron chi connectivity index (χ2n) is 7.03. The third-order valence-corrected chi connectivity index (χ3v) is 4.95. The molecule has 3 heteroatoms. The molecule has 2 N–H and O–H groups in total. The smallest absolute Gasteiger partial charge is 0.226 e. The lowest BCUT2D eigenvalue weighted by Gasteiger charge is -2.32. The summed E-state index contributed by atoms with van der Waals surface area (Å²) in [6.07, 6.45) is 4.72. The second kappa shape index (κ2) is 6.18. The number of hydrogen-bond donors (Lipinski definition) is 2. The van der Waals surface area contributed by atoms with Gasteiger partial charge in [0.05, 0.1) is 6.54 Å². The van der Waals surface area contributed by atoms with E-state index in [2.05, 4.69) is 5.32 Å². The lowest BCUT2D eigenvalue weighted by Crippen LogP contribution is -2.46. The number of carbonyl (C=O) groups is 1. The molecule has 1 aliphatic rings. The highest BCUT2D eigenvalue weighted by Crippen LogP contribution is 2.39. The summed E-state index contributed by atoms with van der Waals surface area (Å²) < 4.78 is 0. The molecule has 0 heterocycles. The molecule has 0 radical (unpaired) electrons. The van der Waals surface area contributed by atoms with Crippen molar-refractivity contribution in [3.8, 4) is 0 Å². The highest BCUT2D eigenvalue weighted by atomic mass is 16.3. The van der Waals surface area contributed by atoms with E-state index in [9.17, 15) is 9.90 Å². The molecule has 21 heavy (non-hydrogen) atoms. The molecule has 1 amide bonds. The normalized spacial score (nSPS) is 19.2. The summed E-state index contributed by atoms with van der Waals surface area (Å²) in [5.74, 6) is 0.504. The van der Waals surface area contributed by atoms with E-state index in [1.807, 2.05) is 44.2 Å². The van der Waals surface area contributed by atoms with Crippen molar-refractivity contribution < 1.29 is 9.90 Å². The van der Waals surface area contributed by atoms with Crippen LogP contribution in [0, 0.1) is 11.3 Å². The zero-order chi connectivity index (χ0) is 15.5. The zero-order valence-corrected chi connectivity index (χ0v) is 13.4. The summed E-state index contributed by atoms with van der Waals surface area (Å²) in [7, 11) is 0. The number of benzene rings is 1. The van der Waals surface area contributed by atoms with Crippen molar-refractivity contribution in [2.24, 2.45) is 11.3 Å². The van der Waals surface area contributed by atoms with Crippen LogP contribution in [0.15, 0.2) is 30.3 Å². The van der Waals surface area contributed by atoms with Crippen LogP contribution in [0.3, 0.4) is 0 Å². The van der Waals surface area contributed by atoms with Crippen LogP contribution >= 0.6 is 0 Å². The summed E-state index contributed by atoms with van der Waals surface area (Å²) in [4.78, 5) is 12.5. The maximum absolute atomic E-state index is 12.5. The molecule has 0 saturated heterocycles. The number of rotatable bonds is 5. The Morgan fingerprint density at radius 1 is 1.19 bits per heavy atom. The third kappa shape index (κ3) is 3.65. The molecular formula is C18H27NO2. The second-order valence-corrected chi connectivity index (χ2v) is 7.03. The van der Waals surface area contributed by atoms with Gasteiger partial charge < -0.3 is 10.4 Å². The average Bonchev–Trinajstić information content (AvgIpc) is 3.00. The molecule has 0 spiro atoms. The Balaban J connectivity index is 1.97. The molecule has 116 valence electrons. The van der Waals surface area contributed by atoms with E-state index >= 15 is 0 Å². The van der Waals surface area contributed by atoms with E-state index in [0.717, 1.165) is 18.4 Å². The number of aliphatic hydroxyl groups is 1. The fourth-order valence-electron chi connectivity index (χ4n) is 3.21. The molecular weight excluding hydrogens is 262 g/mol. The molecule has 1 saturated carbocycles. The van der Waals surface area contributed by atoms with Gasteiger partial charge in [-0.15, -0.1) is 0 Å². The maximum Gasteiger partial charge on any atom is 0.226 e. The first-order chi connectivity index (χ1) is 9.84. The van der Waals surface area contributed by atoms with E-state index in [-0.39, 0.29) is 17.9 Å². The van der Waals surface area contributed by atoms with Crippen molar-refractivity contribution in [1.29, 1.82) is 0 Å². The molecule has 1 aromatic carbocycles. The number of amides is 1. The largest absolute Gasteiger partial charge is 0.384 e. The van der Waals surface area contributed by atoms with E-state index in [4.69, 9.17) is 0 Å². The highest BCUT2D eigenvalue weighted by molar-refractivity contribution is 5.82. The molecule has 0 aromatic heterocycles. The molecule has 1 atom stereocenters. The summed E-state index contributed by atoms with van der Waals surface area (Å²) in [5, 5.41) is 13.5. The minimum atomic E-state index is -1.04. The van der Waals surface area contributed by atoms with Gasteiger partial charge >= 0.3 is 0 Å². The van der Waals surface area contributed by atoms with Crippen molar-refractivity contribution in [3.63, 3.8) is 0 Å². The summed E-state index contributed by atoms with van der Waals surface area (Å²) in [6, 6.07) is 9.48. The Kier molecular flexibility index (Phi) is 4.72. The van der Waals surface area contributed by atoms with Gasteiger partial charge in [-0.25, -0.2) is 0 Å². The van der Waals surface area contributed by atoms with Crippen LogP contribution in [0.4, 0.5) is 0 Å². The fourth-order valence-corrected chi connectivity index (χ4v) is 3.21. The Morgan fingerprint density at radius 3 is 2.33 bits per heavy atom. The molecule has 1 aromatic rings. The zero-order valence-electron chi connectivity index (χ0n) is 13.4. The number of carbonyl (C=O) groups excluding carboxylic acids is 1. The molecule has 1 fully saturated rings. The van der Waals surface area contributed by atoms with Crippen LogP contribution in [0.1, 0.15) is 52.0 Å². The van der Waals surface area contributed by atoms with Crippen molar-refractivity contribution in [2.45, 2.75) is 52.1 Å².